The molecule has 1 N–H and O–H groups in total. The molecule has 2 heterocycles. The molecule has 1 spiro atoms. The molecule has 3 aromatic rings. The summed E-state index contributed by atoms with van der Waals surface area (Å²) in [4.78, 5) is 39.9. The number of rotatable bonds is 10. The first-order valence-corrected chi connectivity index (χ1v) is 16.0. The molecule has 3 unspecified atom stereocenters. The molecule has 0 saturated carbocycles. The van der Waals surface area contributed by atoms with Gasteiger partial charge in [-0.15, -0.1) is 0 Å². The highest BCUT2D eigenvalue weighted by Crippen LogP contribution is 2.40. The highest BCUT2D eigenvalue weighted by atomic mass is 19.1. The molecular formula is C37H43FN2O7. The van der Waals surface area contributed by atoms with Crippen LogP contribution in [0.15, 0.2) is 72.8 Å². The van der Waals surface area contributed by atoms with E-state index in [2.05, 4.69) is 5.32 Å². The van der Waals surface area contributed by atoms with Crippen molar-refractivity contribution in [2.75, 3.05) is 19.8 Å². The first kappa shape index (κ1) is 33.9. The lowest BCUT2D eigenvalue weighted by Gasteiger charge is -2.41. The molecule has 2 aliphatic heterocycles. The number of esters is 1. The third-order valence-corrected chi connectivity index (χ3v) is 8.38. The molecule has 2 amide bonds. The van der Waals surface area contributed by atoms with Gasteiger partial charge in [-0.1, -0.05) is 66.7 Å². The molecule has 10 heteroatoms. The van der Waals surface area contributed by atoms with Gasteiger partial charge in [0.15, 0.2) is 0 Å². The van der Waals surface area contributed by atoms with Gasteiger partial charge < -0.3 is 24.3 Å². The number of benzene rings is 3. The van der Waals surface area contributed by atoms with E-state index >= 15 is 4.39 Å². The van der Waals surface area contributed by atoms with E-state index in [1.807, 2.05) is 70.2 Å². The lowest BCUT2D eigenvalue weighted by Crippen LogP contribution is -2.64. The van der Waals surface area contributed by atoms with Crippen molar-refractivity contribution in [1.29, 1.82) is 0 Å². The van der Waals surface area contributed by atoms with Crippen molar-refractivity contribution < 1.29 is 37.7 Å². The SMILES string of the molecule is CC1CC2(COCC(=O)N2)C(Cc2cccc(-c3ccccc3OCCCC(=O)OC(C)(C)C)c2F)N1C(=O)OCc1ccccc1. The van der Waals surface area contributed by atoms with Crippen LogP contribution in [0.25, 0.3) is 11.1 Å². The lowest BCUT2D eigenvalue weighted by atomic mass is 9.84. The van der Waals surface area contributed by atoms with Crippen LogP contribution in [0.2, 0.25) is 0 Å². The fourth-order valence-electron chi connectivity index (χ4n) is 6.45. The number of para-hydroxylation sites is 1. The third kappa shape index (κ3) is 8.29. The molecule has 0 aromatic heterocycles. The second-order valence-electron chi connectivity index (χ2n) is 13.2. The molecule has 47 heavy (non-hydrogen) atoms. The fourth-order valence-corrected chi connectivity index (χ4v) is 6.45. The highest BCUT2D eigenvalue weighted by molar-refractivity contribution is 5.80. The number of amides is 2. The Morgan fingerprint density at radius 1 is 1.02 bits per heavy atom. The van der Waals surface area contributed by atoms with Gasteiger partial charge in [-0.25, -0.2) is 9.18 Å². The van der Waals surface area contributed by atoms with Crippen LogP contribution < -0.4 is 10.1 Å². The van der Waals surface area contributed by atoms with Gasteiger partial charge in [-0.05, 0) is 64.2 Å². The molecule has 2 aliphatic rings. The minimum absolute atomic E-state index is 0.0697. The molecule has 250 valence electrons. The number of nitrogens with one attached hydrogen (secondary N) is 1. The van der Waals surface area contributed by atoms with E-state index in [1.165, 1.54) is 0 Å². The second-order valence-corrected chi connectivity index (χ2v) is 13.2. The molecule has 5 rings (SSSR count). The maximum Gasteiger partial charge on any atom is 0.410 e. The van der Waals surface area contributed by atoms with Crippen molar-refractivity contribution in [2.45, 2.75) is 83.2 Å². The number of hydrogen-bond acceptors (Lipinski definition) is 7. The Morgan fingerprint density at radius 2 is 1.74 bits per heavy atom. The maximum atomic E-state index is 16.5. The van der Waals surface area contributed by atoms with Gasteiger partial charge in [0.2, 0.25) is 5.91 Å². The quantitative estimate of drug-likeness (QED) is 0.206. The smallest absolute Gasteiger partial charge is 0.410 e. The first-order chi connectivity index (χ1) is 22.5. The van der Waals surface area contributed by atoms with Gasteiger partial charge in [-0.3, -0.25) is 14.5 Å². The number of morpholine rings is 1. The Labute approximate surface area is 275 Å². The summed E-state index contributed by atoms with van der Waals surface area (Å²) in [6.45, 7) is 7.82. The summed E-state index contributed by atoms with van der Waals surface area (Å²) in [5, 5.41) is 3.09. The van der Waals surface area contributed by atoms with Crippen molar-refractivity contribution in [2.24, 2.45) is 0 Å². The van der Waals surface area contributed by atoms with Gasteiger partial charge in [0.05, 0.1) is 24.8 Å². The van der Waals surface area contributed by atoms with Crippen LogP contribution in [0.4, 0.5) is 9.18 Å². The molecular weight excluding hydrogens is 603 g/mol. The van der Waals surface area contributed by atoms with Crippen molar-refractivity contribution in [3.05, 3.63) is 89.7 Å². The summed E-state index contributed by atoms with van der Waals surface area (Å²) < 4.78 is 39.3. The van der Waals surface area contributed by atoms with Crippen molar-refractivity contribution in [3.8, 4) is 16.9 Å². The molecule has 3 atom stereocenters. The van der Waals surface area contributed by atoms with Crippen LogP contribution in [-0.2, 0) is 36.8 Å². The minimum Gasteiger partial charge on any atom is -0.493 e. The predicted octanol–water partition coefficient (Wildman–Crippen LogP) is 6.22. The van der Waals surface area contributed by atoms with Crippen LogP contribution in [0, 0.1) is 5.82 Å². The van der Waals surface area contributed by atoms with Gasteiger partial charge in [0.1, 0.15) is 30.4 Å². The zero-order valence-electron chi connectivity index (χ0n) is 27.4. The zero-order chi connectivity index (χ0) is 33.6. The van der Waals surface area contributed by atoms with Crippen molar-refractivity contribution >= 4 is 18.0 Å². The highest BCUT2D eigenvalue weighted by Gasteiger charge is 2.55. The van der Waals surface area contributed by atoms with E-state index in [1.54, 1.807) is 35.2 Å². The summed E-state index contributed by atoms with van der Waals surface area (Å²) in [5.74, 6) is -0.546. The van der Waals surface area contributed by atoms with E-state index in [4.69, 9.17) is 18.9 Å². The van der Waals surface area contributed by atoms with Crippen molar-refractivity contribution in [3.63, 3.8) is 0 Å². The minimum atomic E-state index is -0.905. The Balaban J connectivity index is 1.37. The summed E-state index contributed by atoms with van der Waals surface area (Å²) in [7, 11) is 0. The monoisotopic (exact) mass is 646 g/mol. The number of ether oxygens (including phenoxy) is 4. The van der Waals surface area contributed by atoms with E-state index in [0.29, 0.717) is 35.3 Å². The van der Waals surface area contributed by atoms with Crippen LogP contribution in [-0.4, -0.2) is 65.9 Å². The normalized spacial score (nSPS) is 21.0. The van der Waals surface area contributed by atoms with E-state index < -0.39 is 29.1 Å². The largest absolute Gasteiger partial charge is 0.493 e. The Bertz CT molecular complexity index is 1570. The van der Waals surface area contributed by atoms with Crippen molar-refractivity contribution in [1.82, 2.24) is 10.2 Å². The summed E-state index contributed by atoms with van der Waals surface area (Å²) in [5.41, 5.74) is 0.662. The lowest BCUT2D eigenvalue weighted by molar-refractivity contribution is -0.155. The Morgan fingerprint density at radius 3 is 2.49 bits per heavy atom. The first-order valence-electron chi connectivity index (χ1n) is 16.0. The Kier molecular flexibility index (Phi) is 10.5. The zero-order valence-corrected chi connectivity index (χ0v) is 27.4. The summed E-state index contributed by atoms with van der Waals surface area (Å²) >= 11 is 0. The number of halogens is 1. The summed E-state index contributed by atoms with van der Waals surface area (Å²) in [6.07, 6.45) is 0.662. The third-order valence-electron chi connectivity index (χ3n) is 8.38. The topological polar surface area (TPSA) is 103 Å². The molecule has 0 radical (unpaired) electrons. The average Bonchev–Trinajstić information content (AvgIpc) is 3.28. The predicted molar refractivity (Wildman–Crippen MR) is 174 cm³/mol. The maximum absolute atomic E-state index is 16.5. The van der Waals surface area contributed by atoms with Crippen LogP contribution >= 0.6 is 0 Å². The molecule has 0 aliphatic carbocycles. The van der Waals surface area contributed by atoms with Crippen LogP contribution in [0.3, 0.4) is 0 Å². The average molecular weight is 647 g/mol. The molecule has 2 saturated heterocycles. The van der Waals surface area contributed by atoms with Crippen LogP contribution in [0.1, 0.15) is 58.1 Å². The fraction of sp³-hybridized carbons (Fsp3) is 0.432. The number of likely N-dealkylation sites (tertiary alicyclic amines) is 1. The van der Waals surface area contributed by atoms with E-state index in [-0.39, 0.29) is 57.2 Å². The second kappa shape index (κ2) is 14.5. The number of nitrogens with zero attached hydrogens (tertiary/aromatic N) is 1. The molecule has 0 bridgehead atoms. The molecule has 9 nitrogen and oxygen atoms in total. The van der Waals surface area contributed by atoms with Crippen LogP contribution in [0.5, 0.6) is 5.75 Å². The van der Waals surface area contributed by atoms with Gasteiger partial charge in [0.25, 0.3) is 0 Å². The Hall–Kier alpha value is -4.44. The summed E-state index contributed by atoms with van der Waals surface area (Å²) in [6, 6.07) is 20.8. The van der Waals surface area contributed by atoms with Gasteiger partial charge >= 0.3 is 12.1 Å². The van der Waals surface area contributed by atoms with E-state index in [0.717, 1.165) is 5.56 Å². The van der Waals surface area contributed by atoms with Gasteiger partial charge in [-0.2, -0.15) is 0 Å². The number of carbonyl (C=O) groups is 3. The van der Waals surface area contributed by atoms with E-state index in [9.17, 15) is 14.4 Å². The molecule has 2 fully saturated rings. The molecule has 3 aromatic carbocycles. The standard InChI is InChI=1S/C37H43FN2O7/c1-25-21-37(24-44-23-32(41)39-37)31(40(25)35(43)46-22-26-12-6-5-7-13-26)20-27-14-10-16-29(34(27)38)28-15-8-9-17-30(28)45-19-11-18-33(42)47-36(2,3)4/h5-10,12-17,25,31H,11,18-24H2,1-4H3,(H,39,41). The number of carbonyl (C=O) groups excluding carboxylic acids is 3. The van der Waals surface area contributed by atoms with Gasteiger partial charge in [0, 0.05) is 23.6 Å². The number of hydrogen-bond donors (Lipinski definition) is 1.